The molecule has 2 rings (SSSR count). The summed E-state index contributed by atoms with van der Waals surface area (Å²) in [6.45, 7) is 0. The minimum absolute atomic E-state index is 0.187. The highest BCUT2D eigenvalue weighted by atomic mass is 19.3. The molecule has 0 heterocycles. The lowest BCUT2D eigenvalue weighted by Crippen LogP contribution is -2.31. The predicted octanol–water partition coefficient (Wildman–Crippen LogP) is 3.79. The monoisotopic (exact) mass is 261 g/mol. The summed E-state index contributed by atoms with van der Waals surface area (Å²) in [6.07, 6.45) is -0.132. The molecule has 1 unspecified atom stereocenters. The molecule has 0 spiro atoms. The second-order valence-electron chi connectivity index (χ2n) is 4.85. The zero-order chi connectivity index (χ0) is 13.3. The molecule has 1 nitrogen and oxygen atoms in total. The average Bonchev–Trinajstić information content (AvgIpc) is 2.28. The number of nitrogens with two attached hydrogens (primary N) is 1. The van der Waals surface area contributed by atoms with Gasteiger partial charge in [0.1, 0.15) is 11.6 Å². The number of rotatable bonds is 2. The summed E-state index contributed by atoms with van der Waals surface area (Å²) in [7, 11) is 0. The van der Waals surface area contributed by atoms with Gasteiger partial charge in [-0.05, 0) is 30.9 Å². The SMILES string of the molecule is NC(c1c(F)cccc1F)C1CCC(F)(F)CC1. The molecule has 18 heavy (non-hydrogen) atoms. The fraction of sp³-hybridized carbons (Fsp3) is 0.538. The Labute approximate surface area is 103 Å². The van der Waals surface area contributed by atoms with Crippen LogP contribution in [0.4, 0.5) is 17.6 Å². The zero-order valence-corrected chi connectivity index (χ0v) is 9.80. The van der Waals surface area contributed by atoms with E-state index < -0.39 is 23.6 Å². The number of alkyl halides is 2. The Morgan fingerprint density at radius 1 is 1.11 bits per heavy atom. The minimum atomic E-state index is -2.66. The fourth-order valence-electron chi connectivity index (χ4n) is 2.49. The van der Waals surface area contributed by atoms with Crippen LogP contribution < -0.4 is 5.73 Å². The van der Waals surface area contributed by atoms with Crippen LogP contribution in [-0.4, -0.2) is 5.92 Å². The fourth-order valence-corrected chi connectivity index (χ4v) is 2.49. The summed E-state index contributed by atoms with van der Waals surface area (Å²) in [5.74, 6) is -4.38. The molecule has 0 bridgehead atoms. The number of halogens is 4. The van der Waals surface area contributed by atoms with Crippen LogP contribution in [0.1, 0.15) is 37.3 Å². The molecule has 100 valence electrons. The summed E-state index contributed by atoms with van der Waals surface area (Å²) in [6, 6.07) is 2.67. The largest absolute Gasteiger partial charge is 0.324 e. The van der Waals surface area contributed by atoms with E-state index in [0.717, 1.165) is 12.1 Å². The number of hydrogen-bond acceptors (Lipinski definition) is 1. The lowest BCUT2D eigenvalue weighted by Gasteiger charge is -2.32. The lowest BCUT2D eigenvalue weighted by molar-refractivity contribution is -0.0485. The molecule has 1 aromatic carbocycles. The first kappa shape index (κ1) is 13.3. The van der Waals surface area contributed by atoms with Crippen molar-refractivity contribution in [3.05, 3.63) is 35.4 Å². The molecular weight excluding hydrogens is 246 g/mol. The Morgan fingerprint density at radius 2 is 1.61 bits per heavy atom. The molecule has 0 radical (unpaired) electrons. The summed E-state index contributed by atoms with van der Waals surface area (Å²) in [5.41, 5.74) is 5.65. The van der Waals surface area contributed by atoms with Crippen LogP contribution in [0, 0.1) is 17.6 Å². The van der Waals surface area contributed by atoms with E-state index in [-0.39, 0.29) is 37.2 Å². The molecule has 0 amide bonds. The predicted molar refractivity (Wildman–Crippen MR) is 60.2 cm³/mol. The molecule has 2 N–H and O–H groups in total. The molecular formula is C13H15F4N. The van der Waals surface area contributed by atoms with Crippen molar-refractivity contribution in [1.82, 2.24) is 0 Å². The van der Waals surface area contributed by atoms with Crippen LogP contribution in [-0.2, 0) is 0 Å². The maximum absolute atomic E-state index is 13.5. The first-order chi connectivity index (χ1) is 8.41. The van der Waals surface area contributed by atoms with Gasteiger partial charge >= 0.3 is 0 Å². The Bertz CT molecular complexity index is 403. The Balaban J connectivity index is 2.15. The summed E-state index contributed by atoms with van der Waals surface area (Å²) >= 11 is 0. The van der Waals surface area contributed by atoms with Crippen molar-refractivity contribution in [2.45, 2.75) is 37.6 Å². The lowest BCUT2D eigenvalue weighted by atomic mass is 9.80. The highest BCUT2D eigenvalue weighted by Gasteiger charge is 2.38. The van der Waals surface area contributed by atoms with Crippen molar-refractivity contribution in [1.29, 1.82) is 0 Å². The van der Waals surface area contributed by atoms with Crippen molar-refractivity contribution in [2.24, 2.45) is 11.7 Å². The molecule has 0 aromatic heterocycles. The summed E-state index contributed by atoms with van der Waals surface area (Å²) in [5, 5.41) is 0. The van der Waals surface area contributed by atoms with Gasteiger partial charge in [0, 0.05) is 24.4 Å². The van der Waals surface area contributed by atoms with Gasteiger partial charge in [0.2, 0.25) is 5.92 Å². The molecule has 0 aliphatic heterocycles. The molecule has 5 heteroatoms. The van der Waals surface area contributed by atoms with E-state index in [1.54, 1.807) is 0 Å². The van der Waals surface area contributed by atoms with Gasteiger partial charge in [0.15, 0.2) is 0 Å². The Morgan fingerprint density at radius 3 is 2.11 bits per heavy atom. The first-order valence-electron chi connectivity index (χ1n) is 5.98. The van der Waals surface area contributed by atoms with Gasteiger partial charge in [-0.25, -0.2) is 17.6 Å². The molecule has 0 saturated heterocycles. The average molecular weight is 261 g/mol. The molecule has 1 saturated carbocycles. The van der Waals surface area contributed by atoms with E-state index in [0.29, 0.717) is 0 Å². The zero-order valence-electron chi connectivity index (χ0n) is 9.80. The third-order valence-electron chi connectivity index (χ3n) is 3.60. The third kappa shape index (κ3) is 2.66. The molecule has 1 fully saturated rings. The first-order valence-corrected chi connectivity index (χ1v) is 5.98. The molecule has 1 aliphatic rings. The van der Waals surface area contributed by atoms with Crippen molar-refractivity contribution in [2.75, 3.05) is 0 Å². The maximum atomic E-state index is 13.5. The van der Waals surface area contributed by atoms with Crippen molar-refractivity contribution in [3.63, 3.8) is 0 Å². The van der Waals surface area contributed by atoms with Crippen LogP contribution in [0.3, 0.4) is 0 Å². The minimum Gasteiger partial charge on any atom is -0.324 e. The summed E-state index contributed by atoms with van der Waals surface area (Å²) in [4.78, 5) is 0. The smallest absolute Gasteiger partial charge is 0.248 e. The van der Waals surface area contributed by atoms with E-state index in [1.165, 1.54) is 6.07 Å². The Kier molecular flexibility index (Phi) is 3.61. The van der Waals surface area contributed by atoms with Crippen LogP contribution in [0.5, 0.6) is 0 Å². The second kappa shape index (κ2) is 4.88. The number of hydrogen-bond donors (Lipinski definition) is 1. The van der Waals surface area contributed by atoms with Crippen molar-refractivity contribution in [3.8, 4) is 0 Å². The van der Waals surface area contributed by atoms with Gasteiger partial charge in [-0.3, -0.25) is 0 Å². The van der Waals surface area contributed by atoms with Crippen LogP contribution >= 0.6 is 0 Å². The van der Waals surface area contributed by atoms with Crippen molar-refractivity contribution >= 4 is 0 Å². The van der Waals surface area contributed by atoms with Gasteiger partial charge in [-0.2, -0.15) is 0 Å². The van der Waals surface area contributed by atoms with Gasteiger partial charge in [0.25, 0.3) is 0 Å². The van der Waals surface area contributed by atoms with E-state index in [9.17, 15) is 17.6 Å². The van der Waals surface area contributed by atoms with Gasteiger partial charge in [-0.15, -0.1) is 0 Å². The highest BCUT2D eigenvalue weighted by molar-refractivity contribution is 5.23. The van der Waals surface area contributed by atoms with Gasteiger partial charge in [-0.1, -0.05) is 6.07 Å². The van der Waals surface area contributed by atoms with E-state index in [1.807, 2.05) is 0 Å². The number of benzene rings is 1. The second-order valence-corrected chi connectivity index (χ2v) is 4.85. The third-order valence-corrected chi connectivity index (χ3v) is 3.60. The molecule has 1 atom stereocenters. The van der Waals surface area contributed by atoms with E-state index in [2.05, 4.69) is 0 Å². The standard InChI is InChI=1S/C13H15F4N/c14-9-2-1-3-10(15)11(9)12(18)8-4-6-13(16,17)7-5-8/h1-3,8,12H,4-7,18H2. The maximum Gasteiger partial charge on any atom is 0.248 e. The highest BCUT2D eigenvalue weighted by Crippen LogP contribution is 2.41. The molecule has 1 aromatic rings. The van der Waals surface area contributed by atoms with E-state index >= 15 is 0 Å². The van der Waals surface area contributed by atoms with E-state index in [4.69, 9.17) is 5.73 Å². The topological polar surface area (TPSA) is 26.0 Å². The molecule has 1 aliphatic carbocycles. The van der Waals surface area contributed by atoms with Gasteiger partial charge < -0.3 is 5.73 Å². The summed E-state index contributed by atoms with van der Waals surface area (Å²) < 4.78 is 53.1. The quantitative estimate of drug-likeness (QED) is 0.805. The van der Waals surface area contributed by atoms with Gasteiger partial charge in [0.05, 0.1) is 0 Å². The Hall–Kier alpha value is -1.10. The van der Waals surface area contributed by atoms with Crippen molar-refractivity contribution < 1.29 is 17.6 Å². The normalized spacial score (nSPS) is 21.8. The van der Waals surface area contributed by atoms with Crippen LogP contribution in [0.25, 0.3) is 0 Å². The van der Waals surface area contributed by atoms with Crippen LogP contribution in [0.2, 0.25) is 0 Å². The van der Waals surface area contributed by atoms with Crippen LogP contribution in [0.15, 0.2) is 18.2 Å².